The van der Waals surface area contributed by atoms with Crippen LogP contribution in [0.15, 0.2) is 59.5 Å². The number of nitrogens with one attached hydrogen (secondary N) is 2. The zero-order chi connectivity index (χ0) is 19.7. The van der Waals surface area contributed by atoms with Crippen molar-refractivity contribution in [3.63, 3.8) is 0 Å². The number of halogens is 2. The van der Waals surface area contributed by atoms with Gasteiger partial charge in [-0.3, -0.25) is 4.72 Å². The summed E-state index contributed by atoms with van der Waals surface area (Å²) in [6.45, 7) is 3.28. The average molecular weight is 453 g/mol. The SMILES string of the molecule is Cl.Nc1c(N2CCNCC2)ccc(S(=O)(=O)Nc2cccc3ccccc23)c1Cl. The van der Waals surface area contributed by atoms with Crippen LogP contribution >= 0.6 is 24.0 Å². The number of sulfonamides is 1. The zero-order valence-electron chi connectivity index (χ0n) is 15.6. The van der Waals surface area contributed by atoms with Gasteiger partial charge in [0.1, 0.15) is 4.90 Å². The lowest BCUT2D eigenvalue weighted by Gasteiger charge is -2.31. The van der Waals surface area contributed by atoms with E-state index in [0.29, 0.717) is 5.69 Å². The van der Waals surface area contributed by atoms with Gasteiger partial charge in [-0.1, -0.05) is 48.0 Å². The molecule has 0 aromatic heterocycles. The molecule has 4 N–H and O–H groups in total. The van der Waals surface area contributed by atoms with Gasteiger partial charge in [-0.25, -0.2) is 8.42 Å². The first-order valence-corrected chi connectivity index (χ1v) is 10.9. The van der Waals surface area contributed by atoms with E-state index in [0.717, 1.165) is 42.6 Å². The topological polar surface area (TPSA) is 87.5 Å². The number of fused-ring (bicyclic) bond motifs is 1. The van der Waals surface area contributed by atoms with Crippen molar-refractivity contribution in [2.24, 2.45) is 0 Å². The van der Waals surface area contributed by atoms with Gasteiger partial charge in [0.2, 0.25) is 0 Å². The van der Waals surface area contributed by atoms with Crippen molar-refractivity contribution in [3.05, 3.63) is 59.6 Å². The van der Waals surface area contributed by atoms with Gasteiger partial charge in [-0.2, -0.15) is 0 Å². The van der Waals surface area contributed by atoms with Gasteiger partial charge in [0, 0.05) is 31.6 Å². The lowest BCUT2D eigenvalue weighted by molar-refractivity contribution is 0.589. The first-order valence-electron chi connectivity index (χ1n) is 9.01. The number of hydrogen-bond donors (Lipinski definition) is 3. The third-order valence-electron chi connectivity index (χ3n) is 4.90. The Morgan fingerprint density at radius 2 is 1.69 bits per heavy atom. The summed E-state index contributed by atoms with van der Waals surface area (Å²) in [4.78, 5) is 2.07. The van der Waals surface area contributed by atoms with Gasteiger partial charge < -0.3 is 16.0 Å². The summed E-state index contributed by atoms with van der Waals surface area (Å²) in [7, 11) is -3.90. The molecule has 4 rings (SSSR count). The highest BCUT2D eigenvalue weighted by Crippen LogP contribution is 2.37. The molecule has 0 spiro atoms. The Morgan fingerprint density at radius 1 is 1.00 bits per heavy atom. The van der Waals surface area contributed by atoms with Crippen molar-refractivity contribution < 1.29 is 8.42 Å². The first-order chi connectivity index (χ1) is 13.5. The van der Waals surface area contributed by atoms with Crippen LogP contribution < -0.4 is 20.7 Å². The third-order valence-corrected chi connectivity index (χ3v) is 6.83. The number of rotatable bonds is 4. The van der Waals surface area contributed by atoms with Crippen LogP contribution in [-0.4, -0.2) is 34.6 Å². The number of nitrogens with two attached hydrogens (primary N) is 1. The summed E-state index contributed by atoms with van der Waals surface area (Å²) in [5.41, 5.74) is 7.75. The second-order valence-electron chi connectivity index (χ2n) is 6.68. The normalized spacial score (nSPS) is 14.4. The molecule has 1 heterocycles. The summed E-state index contributed by atoms with van der Waals surface area (Å²) >= 11 is 6.40. The number of anilines is 3. The van der Waals surface area contributed by atoms with Crippen molar-refractivity contribution in [2.45, 2.75) is 4.90 Å². The van der Waals surface area contributed by atoms with Crippen LogP contribution in [0.1, 0.15) is 0 Å². The van der Waals surface area contributed by atoms with E-state index in [1.807, 2.05) is 36.4 Å². The van der Waals surface area contributed by atoms with E-state index in [4.69, 9.17) is 17.3 Å². The van der Waals surface area contributed by atoms with E-state index in [2.05, 4.69) is 14.9 Å². The maximum Gasteiger partial charge on any atom is 0.263 e. The molecule has 9 heteroatoms. The maximum atomic E-state index is 13.0. The Labute approximate surface area is 181 Å². The van der Waals surface area contributed by atoms with Gasteiger partial charge in [0.05, 0.1) is 22.1 Å². The van der Waals surface area contributed by atoms with E-state index < -0.39 is 10.0 Å². The molecule has 29 heavy (non-hydrogen) atoms. The molecule has 0 bridgehead atoms. The third kappa shape index (κ3) is 4.23. The van der Waals surface area contributed by atoms with Crippen molar-refractivity contribution in [3.8, 4) is 0 Å². The van der Waals surface area contributed by atoms with Crippen LogP contribution in [0.3, 0.4) is 0 Å². The molecule has 3 aromatic rings. The van der Waals surface area contributed by atoms with E-state index in [1.165, 1.54) is 6.07 Å². The molecule has 0 atom stereocenters. The highest BCUT2D eigenvalue weighted by Gasteiger charge is 2.24. The Balaban J connectivity index is 0.00000240. The predicted octanol–water partition coefficient (Wildman–Crippen LogP) is 3.71. The molecular formula is C20H22Cl2N4O2S. The number of nitrogens with zero attached hydrogens (tertiary/aromatic N) is 1. The second kappa shape index (κ2) is 8.67. The van der Waals surface area contributed by atoms with Gasteiger partial charge in [0.15, 0.2) is 0 Å². The molecular weight excluding hydrogens is 431 g/mol. The number of benzene rings is 3. The highest BCUT2D eigenvalue weighted by atomic mass is 35.5. The minimum absolute atomic E-state index is 0. The van der Waals surface area contributed by atoms with Crippen LogP contribution in [0.4, 0.5) is 17.1 Å². The summed E-state index contributed by atoms with van der Waals surface area (Å²) in [6.07, 6.45) is 0. The molecule has 1 aliphatic rings. The van der Waals surface area contributed by atoms with E-state index in [-0.39, 0.29) is 28.0 Å². The van der Waals surface area contributed by atoms with Crippen LogP contribution in [0.25, 0.3) is 10.8 Å². The van der Waals surface area contributed by atoms with Gasteiger partial charge in [0.25, 0.3) is 10.0 Å². The molecule has 0 saturated carbocycles. The lowest BCUT2D eigenvalue weighted by atomic mass is 10.1. The van der Waals surface area contributed by atoms with Crippen LogP contribution in [0.5, 0.6) is 0 Å². The first kappa shape index (κ1) is 21.5. The van der Waals surface area contributed by atoms with E-state index >= 15 is 0 Å². The molecule has 1 fully saturated rings. The van der Waals surface area contributed by atoms with E-state index in [9.17, 15) is 8.42 Å². The molecule has 0 amide bonds. The molecule has 1 aliphatic heterocycles. The Bertz CT molecular complexity index is 1130. The summed E-state index contributed by atoms with van der Waals surface area (Å²) in [6, 6.07) is 16.3. The van der Waals surface area contributed by atoms with Gasteiger partial charge in [-0.15, -0.1) is 12.4 Å². The molecule has 0 unspecified atom stereocenters. The summed E-state index contributed by atoms with van der Waals surface area (Å²) < 4.78 is 28.7. The monoisotopic (exact) mass is 452 g/mol. The lowest BCUT2D eigenvalue weighted by Crippen LogP contribution is -2.43. The van der Waals surface area contributed by atoms with Crippen LogP contribution in [0.2, 0.25) is 5.02 Å². The van der Waals surface area contributed by atoms with Crippen LogP contribution in [-0.2, 0) is 10.0 Å². The number of hydrogen-bond acceptors (Lipinski definition) is 5. The minimum Gasteiger partial charge on any atom is -0.396 e. The fraction of sp³-hybridized carbons (Fsp3) is 0.200. The summed E-state index contributed by atoms with van der Waals surface area (Å²) in [5.74, 6) is 0. The van der Waals surface area contributed by atoms with Crippen molar-refractivity contribution in [1.29, 1.82) is 0 Å². The Kier molecular flexibility index (Phi) is 6.43. The Morgan fingerprint density at radius 3 is 2.45 bits per heavy atom. The van der Waals surface area contributed by atoms with Crippen molar-refractivity contribution in [2.75, 3.05) is 41.5 Å². The molecule has 0 radical (unpaired) electrons. The zero-order valence-corrected chi connectivity index (χ0v) is 17.9. The minimum atomic E-state index is -3.90. The molecule has 0 aliphatic carbocycles. The predicted molar refractivity (Wildman–Crippen MR) is 123 cm³/mol. The molecule has 154 valence electrons. The highest BCUT2D eigenvalue weighted by molar-refractivity contribution is 7.92. The van der Waals surface area contributed by atoms with Crippen molar-refractivity contribution in [1.82, 2.24) is 5.32 Å². The average Bonchev–Trinajstić information content (AvgIpc) is 2.70. The van der Waals surface area contributed by atoms with E-state index in [1.54, 1.807) is 12.1 Å². The standard InChI is InChI=1S/C20H21ClN4O2S.ClH/c21-19-18(9-8-17(20(19)22)25-12-10-23-11-13-25)28(26,27)24-16-7-3-5-14-4-1-2-6-15(14)16;/h1-9,23-24H,10-13,22H2;1H. The molecule has 3 aromatic carbocycles. The largest absolute Gasteiger partial charge is 0.396 e. The maximum absolute atomic E-state index is 13.0. The number of nitrogen functional groups attached to an aromatic ring is 1. The Hall–Kier alpha value is -2.19. The van der Waals surface area contributed by atoms with Crippen LogP contribution in [0, 0.1) is 0 Å². The summed E-state index contributed by atoms with van der Waals surface area (Å²) in [5, 5.41) is 5.08. The second-order valence-corrected chi connectivity index (χ2v) is 8.71. The quantitative estimate of drug-likeness (QED) is 0.525. The molecule has 1 saturated heterocycles. The van der Waals surface area contributed by atoms with Gasteiger partial charge in [-0.05, 0) is 23.6 Å². The fourth-order valence-corrected chi connectivity index (χ4v) is 5.10. The fourth-order valence-electron chi connectivity index (χ4n) is 3.47. The van der Waals surface area contributed by atoms with Gasteiger partial charge >= 0.3 is 0 Å². The molecule has 6 nitrogen and oxygen atoms in total. The smallest absolute Gasteiger partial charge is 0.263 e. The van der Waals surface area contributed by atoms with Crippen molar-refractivity contribution >= 4 is 61.9 Å². The number of piperazine rings is 1.